The second kappa shape index (κ2) is 2.29. The lowest BCUT2D eigenvalue weighted by Gasteiger charge is -1.98. The molecule has 0 bridgehead atoms. The van der Waals surface area contributed by atoms with Gasteiger partial charge in [-0.3, -0.25) is 0 Å². The van der Waals surface area contributed by atoms with E-state index in [0.717, 1.165) is 0 Å². The Morgan fingerprint density at radius 1 is 1.25 bits per heavy atom. The van der Waals surface area contributed by atoms with Crippen molar-refractivity contribution >= 4 is 17.1 Å². The summed E-state index contributed by atoms with van der Waals surface area (Å²) >= 11 is 0. The summed E-state index contributed by atoms with van der Waals surface area (Å²) in [4.78, 5) is 7.71. The van der Waals surface area contributed by atoms with E-state index >= 15 is 0 Å². The van der Waals surface area contributed by atoms with E-state index in [4.69, 9.17) is 10.5 Å². The molecule has 0 aliphatic carbocycles. The zero-order valence-corrected chi connectivity index (χ0v) is 6.18. The summed E-state index contributed by atoms with van der Waals surface area (Å²) < 4.78 is 9.20. The van der Waals surface area contributed by atoms with Crippen molar-refractivity contribution in [3.05, 3.63) is 0 Å². The van der Waals surface area contributed by atoms with Crippen LogP contribution in [0.5, 0.6) is 5.88 Å². The fraction of sp³-hybridized carbons (Fsp3) is 0.200. The van der Waals surface area contributed by atoms with E-state index in [9.17, 15) is 0 Å². The number of anilines is 1. The van der Waals surface area contributed by atoms with Gasteiger partial charge in [0.05, 0.1) is 7.11 Å². The number of methoxy groups -OCH3 is 1. The second-order valence-electron chi connectivity index (χ2n) is 2.03. The first kappa shape index (κ1) is 6.77. The van der Waals surface area contributed by atoms with Gasteiger partial charge in [-0.25, -0.2) is 4.63 Å². The highest BCUT2D eigenvalue weighted by Gasteiger charge is 2.09. The molecule has 62 valence electrons. The molecule has 7 heteroatoms. The molecule has 2 heterocycles. The number of hydrogen-bond donors (Lipinski definition) is 1. The maximum Gasteiger partial charge on any atom is 0.259 e. The predicted octanol–water partition coefficient (Wildman–Crippen LogP) is -0.396. The van der Waals surface area contributed by atoms with Gasteiger partial charge in [-0.1, -0.05) is 0 Å². The standard InChI is InChI=1S/C5H5N5O2/c1-11-5-2(6)7-3-4(8-5)10-12-9-3/h1H3,(H2,6,7,9). The van der Waals surface area contributed by atoms with Crippen molar-refractivity contribution in [1.82, 2.24) is 20.3 Å². The average molecular weight is 167 g/mol. The molecule has 2 rings (SSSR count). The molecule has 7 nitrogen and oxygen atoms in total. The molecule has 0 radical (unpaired) electrons. The molecule has 2 aromatic heterocycles. The highest BCUT2D eigenvalue weighted by atomic mass is 16.6. The number of nitrogen functional groups attached to an aromatic ring is 1. The van der Waals surface area contributed by atoms with Gasteiger partial charge >= 0.3 is 0 Å². The van der Waals surface area contributed by atoms with Crippen molar-refractivity contribution in [2.75, 3.05) is 12.8 Å². The summed E-state index contributed by atoms with van der Waals surface area (Å²) in [6.45, 7) is 0. The summed E-state index contributed by atoms with van der Waals surface area (Å²) in [5.41, 5.74) is 6.00. The number of hydrogen-bond acceptors (Lipinski definition) is 7. The van der Waals surface area contributed by atoms with E-state index in [2.05, 4.69) is 24.9 Å². The lowest BCUT2D eigenvalue weighted by Crippen LogP contribution is -1.98. The maximum atomic E-state index is 5.45. The summed E-state index contributed by atoms with van der Waals surface area (Å²) in [5.74, 6) is 0.388. The third kappa shape index (κ3) is 0.831. The summed E-state index contributed by atoms with van der Waals surface area (Å²) in [5, 5.41) is 6.93. The molecule has 0 aromatic carbocycles. The van der Waals surface area contributed by atoms with E-state index in [1.165, 1.54) is 7.11 Å². The van der Waals surface area contributed by atoms with Crippen LogP contribution in [0.15, 0.2) is 4.63 Å². The number of fused-ring (bicyclic) bond motifs is 1. The quantitative estimate of drug-likeness (QED) is 0.616. The van der Waals surface area contributed by atoms with Crippen molar-refractivity contribution < 1.29 is 9.37 Å². The van der Waals surface area contributed by atoms with E-state index in [1.54, 1.807) is 0 Å². The Labute approximate surface area is 66.5 Å². The molecular formula is C5H5N5O2. The monoisotopic (exact) mass is 167 g/mol. The Balaban J connectivity index is 2.73. The van der Waals surface area contributed by atoms with Gasteiger partial charge in [-0.2, -0.15) is 9.97 Å². The van der Waals surface area contributed by atoms with Crippen molar-refractivity contribution in [3.63, 3.8) is 0 Å². The molecule has 0 aliphatic heterocycles. The van der Waals surface area contributed by atoms with Crippen LogP contribution in [0.1, 0.15) is 0 Å². The van der Waals surface area contributed by atoms with E-state index in [1.807, 2.05) is 0 Å². The van der Waals surface area contributed by atoms with Gasteiger partial charge in [0.1, 0.15) is 0 Å². The highest BCUT2D eigenvalue weighted by molar-refractivity contribution is 5.67. The normalized spacial score (nSPS) is 10.4. The highest BCUT2D eigenvalue weighted by Crippen LogP contribution is 2.17. The molecule has 12 heavy (non-hydrogen) atoms. The van der Waals surface area contributed by atoms with Crippen LogP contribution in [-0.4, -0.2) is 27.4 Å². The third-order valence-corrected chi connectivity index (χ3v) is 1.30. The van der Waals surface area contributed by atoms with E-state index < -0.39 is 0 Å². The lowest BCUT2D eigenvalue weighted by molar-refractivity contribution is 0.313. The van der Waals surface area contributed by atoms with Crippen LogP contribution in [0.2, 0.25) is 0 Å². The molecule has 2 aromatic rings. The van der Waals surface area contributed by atoms with Gasteiger partial charge in [0, 0.05) is 0 Å². The number of nitrogens with zero attached hydrogens (tertiary/aromatic N) is 4. The first-order chi connectivity index (χ1) is 5.81. The van der Waals surface area contributed by atoms with Crippen LogP contribution < -0.4 is 10.5 Å². The molecule has 0 aliphatic rings. The Bertz CT molecular complexity index is 411. The second-order valence-corrected chi connectivity index (χ2v) is 2.03. The molecule has 0 fully saturated rings. The maximum absolute atomic E-state index is 5.45. The SMILES string of the molecule is COc1nc2nonc2nc1N. The number of rotatable bonds is 1. The van der Waals surface area contributed by atoms with Crippen LogP contribution in [0.4, 0.5) is 5.82 Å². The lowest BCUT2D eigenvalue weighted by atomic mass is 10.6. The minimum absolute atomic E-state index is 0.167. The first-order valence-corrected chi connectivity index (χ1v) is 3.11. The van der Waals surface area contributed by atoms with E-state index in [-0.39, 0.29) is 23.0 Å². The fourth-order valence-electron chi connectivity index (χ4n) is 0.786. The average Bonchev–Trinajstić information content (AvgIpc) is 2.49. The molecule has 0 unspecified atom stereocenters. The molecule has 0 saturated carbocycles. The summed E-state index contributed by atoms with van der Waals surface area (Å²) in [6, 6.07) is 0. The summed E-state index contributed by atoms with van der Waals surface area (Å²) in [6.07, 6.45) is 0. The van der Waals surface area contributed by atoms with Crippen molar-refractivity contribution in [1.29, 1.82) is 0 Å². The van der Waals surface area contributed by atoms with Crippen LogP contribution in [0, 0.1) is 0 Å². The van der Waals surface area contributed by atoms with Crippen LogP contribution in [0.25, 0.3) is 11.3 Å². The van der Waals surface area contributed by atoms with Gasteiger partial charge in [0.25, 0.3) is 5.88 Å². The topological polar surface area (TPSA) is 100.0 Å². The molecule has 0 atom stereocenters. The number of aromatic nitrogens is 4. The van der Waals surface area contributed by atoms with Crippen molar-refractivity contribution in [3.8, 4) is 5.88 Å². The van der Waals surface area contributed by atoms with Gasteiger partial charge in [-0.15, -0.1) is 0 Å². The molecular weight excluding hydrogens is 162 g/mol. The van der Waals surface area contributed by atoms with Crippen LogP contribution >= 0.6 is 0 Å². The largest absolute Gasteiger partial charge is 0.478 e. The van der Waals surface area contributed by atoms with Crippen LogP contribution in [0.3, 0.4) is 0 Å². The zero-order chi connectivity index (χ0) is 8.55. The van der Waals surface area contributed by atoms with Crippen molar-refractivity contribution in [2.24, 2.45) is 0 Å². The van der Waals surface area contributed by atoms with Gasteiger partial charge in [-0.05, 0) is 10.3 Å². The van der Waals surface area contributed by atoms with Gasteiger partial charge < -0.3 is 10.5 Å². The van der Waals surface area contributed by atoms with Gasteiger partial charge in [0.15, 0.2) is 5.82 Å². The number of nitrogens with two attached hydrogens (primary N) is 1. The minimum atomic E-state index is 0.167. The molecule has 0 amide bonds. The predicted molar refractivity (Wildman–Crippen MR) is 38.4 cm³/mol. The van der Waals surface area contributed by atoms with E-state index in [0.29, 0.717) is 0 Å². The smallest absolute Gasteiger partial charge is 0.259 e. The minimum Gasteiger partial charge on any atom is -0.478 e. The third-order valence-electron chi connectivity index (χ3n) is 1.30. The Kier molecular flexibility index (Phi) is 1.29. The number of ether oxygens (including phenoxy) is 1. The fourth-order valence-corrected chi connectivity index (χ4v) is 0.786. The zero-order valence-electron chi connectivity index (χ0n) is 6.18. The Morgan fingerprint density at radius 3 is 2.58 bits per heavy atom. The molecule has 2 N–H and O–H groups in total. The summed E-state index contributed by atoms with van der Waals surface area (Å²) in [7, 11) is 1.44. The van der Waals surface area contributed by atoms with Crippen molar-refractivity contribution in [2.45, 2.75) is 0 Å². The molecule has 0 saturated heterocycles. The van der Waals surface area contributed by atoms with Gasteiger partial charge in [0.2, 0.25) is 11.3 Å². The Hall–Kier alpha value is -1.92. The van der Waals surface area contributed by atoms with Crippen LogP contribution in [-0.2, 0) is 0 Å². The molecule has 0 spiro atoms. The first-order valence-electron chi connectivity index (χ1n) is 3.11. The Morgan fingerprint density at radius 2 is 1.92 bits per heavy atom.